The molecule has 222 valence electrons. The molecule has 0 aliphatic heterocycles. The number of imidazole rings is 1. The van der Waals surface area contributed by atoms with Crippen LogP contribution >= 0.6 is 23.2 Å². The van der Waals surface area contributed by atoms with Gasteiger partial charge in [0.25, 0.3) is 5.56 Å². The summed E-state index contributed by atoms with van der Waals surface area (Å²) in [5.74, 6) is 0.321. The lowest BCUT2D eigenvalue weighted by Crippen LogP contribution is -2.39. The van der Waals surface area contributed by atoms with Crippen LogP contribution in [0.1, 0.15) is 34.0 Å². The van der Waals surface area contributed by atoms with Gasteiger partial charge in [-0.25, -0.2) is 9.78 Å². The quantitative estimate of drug-likeness (QED) is 0.169. The fourth-order valence-corrected chi connectivity index (χ4v) is 5.50. The second kappa shape index (κ2) is 11.5. The standard InChI is InChI=1S/C31H26Cl2N8O3/c1-5-24-21(17(2)32)14-20(36-24)16-44-38-26(18-9-11-34-12-10-18)28-37-29-27(39(28)3)30(42)41(31(43)40(29)4)15-19-13-22-23(33)7-6-8-25(22)35-19/h5-14,35-36H,1-2,15-16H2,3-4H3/b38-26+. The summed E-state index contributed by atoms with van der Waals surface area (Å²) in [7, 11) is 3.27. The molecule has 0 atom stereocenters. The fraction of sp³-hybridized carbons (Fsp3) is 0.129. The number of fused-ring (bicyclic) bond motifs is 2. The van der Waals surface area contributed by atoms with Crippen LogP contribution in [0.5, 0.6) is 0 Å². The van der Waals surface area contributed by atoms with Gasteiger partial charge >= 0.3 is 5.69 Å². The molecule has 11 nitrogen and oxygen atoms in total. The van der Waals surface area contributed by atoms with E-state index in [9.17, 15) is 9.59 Å². The summed E-state index contributed by atoms with van der Waals surface area (Å²) in [5.41, 5.74) is 3.99. The number of aryl methyl sites for hydroxylation is 2. The molecule has 5 aromatic heterocycles. The number of hydrogen-bond donors (Lipinski definition) is 2. The van der Waals surface area contributed by atoms with Crippen LogP contribution in [0.3, 0.4) is 0 Å². The molecular formula is C31H26Cl2N8O3. The number of aromatic nitrogens is 7. The second-order valence-corrected chi connectivity index (χ2v) is 10.9. The molecule has 0 aliphatic carbocycles. The van der Waals surface area contributed by atoms with Crippen molar-refractivity contribution in [2.45, 2.75) is 13.2 Å². The first kappa shape index (κ1) is 29.0. The van der Waals surface area contributed by atoms with Gasteiger partial charge in [-0.15, -0.1) is 0 Å². The molecule has 0 unspecified atom stereocenters. The van der Waals surface area contributed by atoms with Gasteiger partial charge in [-0.05, 0) is 42.5 Å². The van der Waals surface area contributed by atoms with Gasteiger partial charge < -0.3 is 19.4 Å². The molecule has 0 bridgehead atoms. The highest BCUT2D eigenvalue weighted by molar-refractivity contribution is 6.48. The van der Waals surface area contributed by atoms with Crippen LogP contribution in [-0.2, 0) is 32.1 Å². The van der Waals surface area contributed by atoms with Crippen molar-refractivity contribution in [1.82, 2.24) is 33.6 Å². The summed E-state index contributed by atoms with van der Waals surface area (Å²) < 4.78 is 4.12. The van der Waals surface area contributed by atoms with Gasteiger partial charge in [0.15, 0.2) is 29.3 Å². The minimum atomic E-state index is -0.517. The molecule has 5 heterocycles. The smallest absolute Gasteiger partial charge is 0.332 e. The van der Waals surface area contributed by atoms with Gasteiger partial charge in [0.2, 0.25) is 0 Å². The third-order valence-electron chi connectivity index (χ3n) is 7.30. The van der Waals surface area contributed by atoms with E-state index in [1.807, 2.05) is 24.3 Å². The maximum Gasteiger partial charge on any atom is 0.332 e. The van der Waals surface area contributed by atoms with Crippen LogP contribution in [0.2, 0.25) is 5.02 Å². The Balaban J connectivity index is 1.42. The summed E-state index contributed by atoms with van der Waals surface area (Å²) in [6.45, 7) is 7.66. The first-order chi connectivity index (χ1) is 21.2. The van der Waals surface area contributed by atoms with E-state index in [4.69, 9.17) is 33.0 Å². The molecular weight excluding hydrogens is 603 g/mol. The average molecular weight is 630 g/mol. The van der Waals surface area contributed by atoms with E-state index in [0.717, 1.165) is 15.5 Å². The number of benzene rings is 1. The summed E-state index contributed by atoms with van der Waals surface area (Å²) in [4.78, 5) is 48.2. The maximum atomic E-state index is 13.8. The number of rotatable bonds is 9. The van der Waals surface area contributed by atoms with Crippen molar-refractivity contribution in [3.8, 4) is 0 Å². The Labute approximate surface area is 260 Å². The van der Waals surface area contributed by atoms with Crippen LogP contribution in [0.15, 0.2) is 82.8 Å². The number of nitrogens with zero attached hydrogens (tertiary/aromatic N) is 6. The molecule has 13 heteroatoms. The van der Waals surface area contributed by atoms with Gasteiger partial charge in [-0.3, -0.25) is 18.9 Å². The number of nitrogens with one attached hydrogen (secondary N) is 2. The van der Waals surface area contributed by atoms with E-state index >= 15 is 0 Å². The molecule has 6 rings (SSSR count). The lowest BCUT2D eigenvalue weighted by Gasteiger charge is -2.08. The van der Waals surface area contributed by atoms with Crippen LogP contribution in [0, 0.1) is 0 Å². The first-order valence-corrected chi connectivity index (χ1v) is 14.2. The zero-order valence-electron chi connectivity index (χ0n) is 23.8. The van der Waals surface area contributed by atoms with Gasteiger partial charge in [0.1, 0.15) is 0 Å². The molecule has 0 aliphatic rings. The lowest BCUT2D eigenvalue weighted by molar-refractivity contribution is 0.128. The molecule has 0 fully saturated rings. The molecule has 0 saturated carbocycles. The molecule has 0 radical (unpaired) electrons. The monoisotopic (exact) mass is 628 g/mol. The van der Waals surface area contributed by atoms with E-state index < -0.39 is 11.2 Å². The molecule has 1 aromatic carbocycles. The Morgan fingerprint density at radius 1 is 1.09 bits per heavy atom. The molecule has 2 N–H and O–H groups in total. The van der Waals surface area contributed by atoms with Crippen molar-refractivity contribution in [3.05, 3.63) is 128 Å². The minimum absolute atomic E-state index is 0.0148. The van der Waals surface area contributed by atoms with E-state index in [2.05, 4.69) is 33.3 Å². The van der Waals surface area contributed by atoms with E-state index in [1.165, 1.54) is 4.57 Å². The Kier molecular flexibility index (Phi) is 7.58. The number of hydrogen-bond acceptors (Lipinski definition) is 6. The summed E-state index contributed by atoms with van der Waals surface area (Å²) in [6, 6.07) is 12.6. The summed E-state index contributed by atoms with van der Waals surface area (Å²) in [5, 5.41) is 6.17. The van der Waals surface area contributed by atoms with Crippen molar-refractivity contribution in [3.63, 3.8) is 0 Å². The van der Waals surface area contributed by atoms with Crippen molar-refractivity contribution in [1.29, 1.82) is 0 Å². The summed E-state index contributed by atoms with van der Waals surface area (Å²) >= 11 is 12.4. The number of pyridine rings is 1. The fourth-order valence-electron chi connectivity index (χ4n) is 5.12. The minimum Gasteiger partial charge on any atom is -0.389 e. The van der Waals surface area contributed by atoms with Crippen LogP contribution in [0.4, 0.5) is 0 Å². The Bertz CT molecular complexity index is 2240. The van der Waals surface area contributed by atoms with Crippen LogP contribution in [-0.4, -0.2) is 39.3 Å². The van der Waals surface area contributed by atoms with Gasteiger partial charge in [-0.2, -0.15) is 0 Å². The van der Waals surface area contributed by atoms with Crippen molar-refractivity contribution >= 4 is 62.1 Å². The number of oxime groups is 1. The van der Waals surface area contributed by atoms with Crippen molar-refractivity contribution < 1.29 is 4.84 Å². The average Bonchev–Trinajstić information content (AvgIpc) is 3.72. The molecule has 44 heavy (non-hydrogen) atoms. The third kappa shape index (κ3) is 5.06. The zero-order valence-corrected chi connectivity index (χ0v) is 25.3. The van der Waals surface area contributed by atoms with Gasteiger partial charge in [0, 0.05) is 70.0 Å². The van der Waals surface area contributed by atoms with Gasteiger partial charge in [-0.1, -0.05) is 47.6 Å². The second-order valence-electron chi connectivity index (χ2n) is 10.1. The Hall–Kier alpha value is -5.13. The SMILES string of the molecule is C=Cc1[nH]c(CO/N=C(\c2ccncc2)c2nc3c(c(=O)n(Cc4cc5c(Cl)cccc5[nH]4)c(=O)n3C)n2C)cc1C(=C)Cl. The molecule has 0 amide bonds. The molecule has 0 saturated heterocycles. The number of halogens is 2. The van der Waals surface area contributed by atoms with E-state index in [1.54, 1.807) is 55.3 Å². The third-order valence-corrected chi connectivity index (χ3v) is 7.83. The molecule has 0 spiro atoms. The van der Waals surface area contributed by atoms with Crippen LogP contribution < -0.4 is 11.2 Å². The van der Waals surface area contributed by atoms with Gasteiger partial charge in [0.05, 0.1) is 12.2 Å². The lowest BCUT2D eigenvalue weighted by atomic mass is 10.1. The number of aromatic amines is 2. The highest BCUT2D eigenvalue weighted by Gasteiger charge is 2.23. The zero-order chi connectivity index (χ0) is 31.1. The highest BCUT2D eigenvalue weighted by Crippen LogP contribution is 2.25. The number of H-pyrrole nitrogens is 2. The predicted molar refractivity (Wildman–Crippen MR) is 173 cm³/mol. The first-order valence-electron chi connectivity index (χ1n) is 13.4. The Morgan fingerprint density at radius 2 is 1.86 bits per heavy atom. The largest absolute Gasteiger partial charge is 0.389 e. The van der Waals surface area contributed by atoms with E-state index in [0.29, 0.717) is 49.8 Å². The van der Waals surface area contributed by atoms with Crippen LogP contribution in [0.25, 0.3) is 33.2 Å². The topological polar surface area (TPSA) is 128 Å². The van der Waals surface area contributed by atoms with Crippen molar-refractivity contribution in [2.75, 3.05) is 0 Å². The molecule has 6 aromatic rings. The summed E-state index contributed by atoms with van der Waals surface area (Å²) in [6.07, 6.45) is 4.87. The highest BCUT2D eigenvalue weighted by atomic mass is 35.5. The predicted octanol–water partition coefficient (Wildman–Crippen LogP) is 5.16. The van der Waals surface area contributed by atoms with E-state index in [-0.39, 0.29) is 24.3 Å². The maximum absolute atomic E-state index is 13.8. The van der Waals surface area contributed by atoms with Crippen molar-refractivity contribution in [2.24, 2.45) is 19.3 Å². The normalized spacial score (nSPS) is 11.9. The Morgan fingerprint density at radius 3 is 2.55 bits per heavy atom.